The maximum atomic E-state index is 12.9. The van der Waals surface area contributed by atoms with Crippen molar-refractivity contribution in [2.24, 2.45) is 46.8 Å². The van der Waals surface area contributed by atoms with Crippen LogP contribution in [-0.2, 0) is 9.53 Å². The molecule has 0 aliphatic heterocycles. The lowest BCUT2D eigenvalue weighted by Gasteiger charge is -2.56. The van der Waals surface area contributed by atoms with Crippen molar-refractivity contribution in [1.29, 1.82) is 0 Å². The van der Waals surface area contributed by atoms with Crippen molar-refractivity contribution < 1.29 is 9.53 Å². The van der Waals surface area contributed by atoms with Gasteiger partial charge in [-0.2, -0.15) is 0 Å². The van der Waals surface area contributed by atoms with E-state index in [9.17, 15) is 4.79 Å². The molecule has 0 heterocycles. The molecule has 4 rings (SSSR count). The molecule has 8 unspecified atom stereocenters. The molecular formula is C23H39NO2. The molecule has 0 spiro atoms. The van der Waals surface area contributed by atoms with Gasteiger partial charge in [-0.1, -0.05) is 20.3 Å². The van der Waals surface area contributed by atoms with Gasteiger partial charge < -0.3 is 4.74 Å². The van der Waals surface area contributed by atoms with Gasteiger partial charge in [0.1, 0.15) is 5.78 Å². The second kappa shape index (κ2) is 7.54. The molecule has 0 bridgehead atoms. The first kappa shape index (κ1) is 18.9. The molecule has 0 aromatic rings. The van der Waals surface area contributed by atoms with E-state index in [-0.39, 0.29) is 11.3 Å². The summed E-state index contributed by atoms with van der Waals surface area (Å²) in [6.07, 6.45) is 12.5. The van der Waals surface area contributed by atoms with Gasteiger partial charge in [0.05, 0.1) is 13.3 Å². The standard InChI is InChI=1S/C23H39NO2/c1-15-4-6-17-16(12-15)5-7-19-18(17)10-11-23(2)20(19)8-9-21(23)22(25)13-24-14-26-3/h15-21,24H,4-14H2,1-3H3. The van der Waals surface area contributed by atoms with Crippen LogP contribution >= 0.6 is 0 Å². The Bertz CT molecular complexity index is 520. The van der Waals surface area contributed by atoms with Crippen LogP contribution in [0, 0.1) is 46.8 Å². The Kier molecular flexibility index (Phi) is 5.49. The summed E-state index contributed by atoms with van der Waals surface area (Å²) in [6, 6.07) is 0. The molecule has 4 saturated carbocycles. The molecule has 0 saturated heterocycles. The van der Waals surface area contributed by atoms with Crippen molar-refractivity contribution in [3.63, 3.8) is 0 Å². The number of rotatable bonds is 5. The Hall–Kier alpha value is -0.410. The predicted molar refractivity (Wildman–Crippen MR) is 105 cm³/mol. The number of carbonyl (C=O) groups is 1. The zero-order valence-electron chi connectivity index (χ0n) is 17.1. The van der Waals surface area contributed by atoms with Crippen LogP contribution in [0.3, 0.4) is 0 Å². The maximum Gasteiger partial charge on any atom is 0.150 e. The fraction of sp³-hybridized carbons (Fsp3) is 0.957. The van der Waals surface area contributed by atoms with Gasteiger partial charge in [0.25, 0.3) is 0 Å². The summed E-state index contributed by atoms with van der Waals surface area (Å²) in [7, 11) is 1.67. The minimum absolute atomic E-state index is 0.266. The topological polar surface area (TPSA) is 38.3 Å². The Morgan fingerprint density at radius 3 is 2.65 bits per heavy atom. The van der Waals surface area contributed by atoms with Crippen molar-refractivity contribution >= 4 is 5.78 Å². The van der Waals surface area contributed by atoms with E-state index >= 15 is 0 Å². The van der Waals surface area contributed by atoms with E-state index in [2.05, 4.69) is 19.2 Å². The van der Waals surface area contributed by atoms with Crippen molar-refractivity contribution in [1.82, 2.24) is 5.32 Å². The molecule has 8 atom stereocenters. The maximum absolute atomic E-state index is 12.9. The Balaban J connectivity index is 1.45. The number of hydrogen-bond acceptors (Lipinski definition) is 3. The highest BCUT2D eigenvalue weighted by atomic mass is 16.5. The predicted octanol–water partition coefficient (Wildman–Crippen LogP) is 4.65. The summed E-state index contributed by atoms with van der Waals surface area (Å²) in [5, 5.41) is 3.15. The van der Waals surface area contributed by atoms with Gasteiger partial charge in [-0.05, 0) is 92.3 Å². The number of hydrogen-bond donors (Lipinski definition) is 1. The molecule has 1 N–H and O–H groups in total. The number of Topliss-reactive ketones (excluding diaryl/α,β-unsaturated/α-hetero) is 1. The number of ether oxygens (including phenoxy) is 1. The van der Waals surface area contributed by atoms with Crippen LogP contribution < -0.4 is 5.32 Å². The molecule has 0 amide bonds. The molecule has 0 aromatic heterocycles. The summed E-state index contributed by atoms with van der Waals surface area (Å²) >= 11 is 0. The summed E-state index contributed by atoms with van der Waals surface area (Å²) in [6.45, 7) is 5.89. The first-order valence-corrected chi connectivity index (χ1v) is 11.3. The highest BCUT2D eigenvalue weighted by molar-refractivity contribution is 5.84. The van der Waals surface area contributed by atoms with Gasteiger partial charge in [-0.15, -0.1) is 0 Å². The highest BCUT2D eigenvalue weighted by Crippen LogP contribution is 2.64. The van der Waals surface area contributed by atoms with E-state index in [0.29, 0.717) is 19.1 Å². The van der Waals surface area contributed by atoms with Crippen molar-refractivity contribution in [3.05, 3.63) is 0 Å². The number of carbonyl (C=O) groups excluding carboxylic acids is 1. The molecule has 4 fully saturated rings. The Labute approximate surface area is 160 Å². The Morgan fingerprint density at radius 2 is 1.85 bits per heavy atom. The van der Waals surface area contributed by atoms with E-state index in [1.807, 2.05) is 0 Å². The molecule has 26 heavy (non-hydrogen) atoms. The highest BCUT2D eigenvalue weighted by Gasteiger charge is 2.58. The van der Waals surface area contributed by atoms with Crippen LogP contribution in [0.15, 0.2) is 0 Å². The number of methoxy groups -OCH3 is 1. The minimum atomic E-state index is 0.266. The monoisotopic (exact) mass is 361 g/mol. The molecule has 148 valence electrons. The minimum Gasteiger partial charge on any atom is -0.370 e. The third kappa shape index (κ3) is 3.17. The number of fused-ring (bicyclic) bond motifs is 5. The lowest BCUT2D eigenvalue weighted by molar-refractivity contribution is -0.129. The van der Waals surface area contributed by atoms with Crippen molar-refractivity contribution in [3.8, 4) is 0 Å². The largest absolute Gasteiger partial charge is 0.370 e. The Morgan fingerprint density at radius 1 is 1.04 bits per heavy atom. The first-order valence-electron chi connectivity index (χ1n) is 11.3. The zero-order chi connectivity index (χ0) is 18.3. The van der Waals surface area contributed by atoms with Gasteiger partial charge >= 0.3 is 0 Å². The summed E-state index contributed by atoms with van der Waals surface area (Å²) in [5.41, 5.74) is 0.266. The SMILES string of the molecule is COCNCC(=O)C1CCC2C3CCC4CC(C)CCC4C3CCC12C. The first-order chi connectivity index (χ1) is 12.5. The van der Waals surface area contributed by atoms with Crippen LogP contribution in [0.25, 0.3) is 0 Å². The average molecular weight is 362 g/mol. The van der Waals surface area contributed by atoms with Crippen LogP contribution in [-0.4, -0.2) is 26.2 Å². The van der Waals surface area contributed by atoms with Gasteiger partial charge in [0.2, 0.25) is 0 Å². The van der Waals surface area contributed by atoms with E-state index in [0.717, 1.165) is 41.9 Å². The second-order valence-electron chi connectivity index (χ2n) is 10.4. The molecule has 3 nitrogen and oxygen atoms in total. The fourth-order valence-corrected chi connectivity index (χ4v) is 8.02. The van der Waals surface area contributed by atoms with E-state index in [4.69, 9.17) is 4.74 Å². The van der Waals surface area contributed by atoms with E-state index in [1.165, 1.54) is 51.4 Å². The van der Waals surface area contributed by atoms with Crippen LogP contribution in [0.1, 0.15) is 71.6 Å². The zero-order valence-corrected chi connectivity index (χ0v) is 17.1. The second-order valence-corrected chi connectivity index (χ2v) is 10.4. The average Bonchev–Trinajstić information content (AvgIpc) is 2.98. The van der Waals surface area contributed by atoms with Gasteiger partial charge in [0.15, 0.2) is 0 Å². The van der Waals surface area contributed by atoms with Crippen LogP contribution in [0.5, 0.6) is 0 Å². The summed E-state index contributed by atoms with van der Waals surface area (Å²) in [5.74, 6) is 6.38. The van der Waals surface area contributed by atoms with E-state index < -0.39 is 0 Å². The molecule has 4 aliphatic carbocycles. The van der Waals surface area contributed by atoms with Crippen molar-refractivity contribution in [2.45, 2.75) is 71.6 Å². The van der Waals surface area contributed by atoms with Crippen molar-refractivity contribution in [2.75, 3.05) is 20.4 Å². The lowest BCUT2D eigenvalue weighted by Crippen LogP contribution is -2.49. The van der Waals surface area contributed by atoms with Gasteiger partial charge in [0, 0.05) is 13.0 Å². The van der Waals surface area contributed by atoms with E-state index in [1.54, 1.807) is 7.11 Å². The molecular weight excluding hydrogens is 322 g/mol. The quantitative estimate of drug-likeness (QED) is 0.572. The normalized spacial score (nSPS) is 47.7. The van der Waals surface area contributed by atoms with Crippen LogP contribution in [0.2, 0.25) is 0 Å². The third-order valence-corrected chi connectivity index (χ3v) is 9.15. The molecule has 0 aromatic carbocycles. The molecule has 3 heteroatoms. The smallest absolute Gasteiger partial charge is 0.150 e. The third-order valence-electron chi connectivity index (χ3n) is 9.15. The molecule has 0 radical (unpaired) electrons. The van der Waals surface area contributed by atoms with Crippen LogP contribution in [0.4, 0.5) is 0 Å². The van der Waals surface area contributed by atoms with Gasteiger partial charge in [-0.3, -0.25) is 10.1 Å². The molecule has 4 aliphatic rings. The number of nitrogens with one attached hydrogen (secondary N) is 1. The summed E-state index contributed by atoms with van der Waals surface area (Å²) in [4.78, 5) is 12.9. The lowest BCUT2D eigenvalue weighted by atomic mass is 9.49. The van der Waals surface area contributed by atoms with Gasteiger partial charge in [-0.25, -0.2) is 0 Å². The fourth-order valence-electron chi connectivity index (χ4n) is 8.02. The number of ketones is 1. The summed E-state index contributed by atoms with van der Waals surface area (Å²) < 4.78 is 5.05.